The van der Waals surface area contributed by atoms with Crippen LogP contribution in [0.5, 0.6) is 0 Å². The number of nitrogens with one attached hydrogen (secondary N) is 1. The van der Waals surface area contributed by atoms with E-state index in [0.717, 1.165) is 9.35 Å². The van der Waals surface area contributed by atoms with Gasteiger partial charge in [-0.1, -0.05) is 18.5 Å². The maximum Gasteiger partial charge on any atom is 0.151 e. The molecule has 0 spiro atoms. The van der Waals surface area contributed by atoms with Crippen LogP contribution in [-0.2, 0) is 9.84 Å². The molecule has 2 atom stereocenters. The first kappa shape index (κ1) is 15.4. The quantitative estimate of drug-likeness (QED) is 0.876. The molecule has 0 aliphatic carbocycles. The number of sulfone groups is 1. The average Bonchev–Trinajstić information content (AvgIpc) is 2.53. The Morgan fingerprint density at radius 2 is 2.18 bits per heavy atom. The van der Waals surface area contributed by atoms with Crippen molar-refractivity contribution in [3.05, 3.63) is 19.8 Å². The van der Waals surface area contributed by atoms with Crippen LogP contribution in [0.3, 0.4) is 0 Å². The van der Waals surface area contributed by atoms with Crippen LogP contribution in [0.2, 0.25) is 4.34 Å². The Labute approximate surface area is 120 Å². The first-order chi connectivity index (χ1) is 7.77. The van der Waals surface area contributed by atoms with Gasteiger partial charge in [0.1, 0.15) is 4.34 Å². The van der Waals surface area contributed by atoms with Gasteiger partial charge in [0.25, 0.3) is 0 Å². The van der Waals surface area contributed by atoms with Crippen LogP contribution in [0.4, 0.5) is 0 Å². The molecular formula is C10H15BrClNO2S2. The molecule has 0 saturated heterocycles. The van der Waals surface area contributed by atoms with Gasteiger partial charge in [-0.15, -0.1) is 11.3 Å². The molecule has 1 N–H and O–H groups in total. The van der Waals surface area contributed by atoms with Gasteiger partial charge >= 0.3 is 0 Å². The molecule has 0 fully saturated rings. The van der Waals surface area contributed by atoms with E-state index in [1.54, 1.807) is 6.92 Å². The van der Waals surface area contributed by atoms with Gasteiger partial charge in [-0.2, -0.15) is 0 Å². The number of hydrogen-bond donors (Lipinski definition) is 1. The zero-order valence-corrected chi connectivity index (χ0v) is 13.8. The van der Waals surface area contributed by atoms with Crippen molar-refractivity contribution >= 4 is 48.7 Å². The fourth-order valence-corrected chi connectivity index (χ4v) is 4.22. The lowest BCUT2D eigenvalue weighted by Crippen LogP contribution is -2.34. The van der Waals surface area contributed by atoms with E-state index in [1.165, 1.54) is 17.6 Å². The highest BCUT2D eigenvalue weighted by atomic mass is 79.9. The topological polar surface area (TPSA) is 46.2 Å². The van der Waals surface area contributed by atoms with Crippen molar-refractivity contribution in [1.82, 2.24) is 5.32 Å². The predicted octanol–water partition coefficient (Wildman–Crippen LogP) is 3.25. The van der Waals surface area contributed by atoms with E-state index in [-0.39, 0.29) is 6.04 Å². The van der Waals surface area contributed by atoms with Crippen molar-refractivity contribution in [2.45, 2.75) is 25.1 Å². The van der Waals surface area contributed by atoms with Crippen LogP contribution in [0, 0.1) is 0 Å². The van der Waals surface area contributed by atoms with Gasteiger partial charge in [0.2, 0.25) is 0 Å². The predicted molar refractivity (Wildman–Crippen MR) is 77.8 cm³/mol. The highest BCUT2D eigenvalue weighted by Gasteiger charge is 2.28. The van der Waals surface area contributed by atoms with Gasteiger partial charge in [-0.3, -0.25) is 0 Å². The number of halogens is 2. The molecule has 0 aliphatic rings. The molecule has 0 radical (unpaired) electrons. The average molecular weight is 361 g/mol. The Morgan fingerprint density at radius 1 is 1.59 bits per heavy atom. The molecule has 17 heavy (non-hydrogen) atoms. The summed E-state index contributed by atoms with van der Waals surface area (Å²) in [6.45, 7) is 4.37. The number of thiophene rings is 1. The van der Waals surface area contributed by atoms with Crippen molar-refractivity contribution in [2.24, 2.45) is 0 Å². The van der Waals surface area contributed by atoms with Gasteiger partial charge in [0.05, 0.1) is 11.3 Å². The summed E-state index contributed by atoms with van der Waals surface area (Å²) in [5, 5.41) is 2.72. The zero-order chi connectivity index (χ0) is 13.2. The standard InChI is InChI=1S/C10H15BrClNO2S2/c1-4-13-9(6(2)17(3,14)15)8-5-7(11)10(12)16-8/h5-6,9,13H,4H2,1-3H3. The van der Waals surface area contributed by atoms with Crippen LogP contribution >= 0.6 is 38.9 Å². The second kappa shape index (κ2) is 6.02. The second-order valence-electron chi connectivity index (χ2n) is 3.84. The van der Waals surface area contributed by atoms with E-state index in [9.17, 15) is 8.42 Å². The maximum atomic E-state index is 11.6. The van der Waals surface area contributed by atoms with E-state index in [0.29, 0.717) is 10.9 Å². The Bertz CT molecular complexity index is 467. The van der Waals surface area contributed by atoms with Gasteiger partial charge in [0.15, 0.2) is 9.84 Å². The summed E-state index contributed by atoms with van der Waals surface area (Å²) in [4.78, 5) is 0.932. The third kappa shape index (κ3) is 3.92. The Morgan fingerprint density at radius 3 is 2.53 bits per heavy atom. The highest BCUT2D eigenvalue weighted by Crippen LogP contribution is 2.37. The first-order valence-electron chi connectivity index (χ1n) is 5.14. The molecule has 7 heteroatoms. The minimum atomic E-state index is -3.09. The monoisotopic (exact) mass is 359 g/mol. The summed E-state index contributed by atoms with van der Waals surface area (Å²) in [6.07, 6.45) is 1.26. The molecule has 0 amide bonds. The third-order valence-electron chi connectivity index (χ3n) is 2.54. The molecule has 1 rings (SSSR count). The van der Waals surface area contributed by atoms with Crippen molar-refractivity contribution < 1.29 is 8.42 Å². The normalized spacial score (nSPS) is 15.8. The largest absolute Gasteiger partial charge is 0.308 e. The van der Waals surface area contributed by atoms with Crippen LogP contribution in [0.25, 0.3) is 0 Å². The minimum absolute atomic E-state index is 0.219. The van der Waals surface area contributed by atoms with Crippen LogP contribution < -0.4 is 5.32 Å². The van der Waals surface area contributed by atoms with Gasteiger partial charge < -0.3 is 5.32 Å². The second-order valence-corrected chi connectivity index (χ2v) is 8.78. The molecule has 1 aromatic heterocycles. The Hall–Kier alpha value is 0.380. The number of rotatable bonds is 5. The molecule has 0 saturated carbocycles. The lowest BCUT2D eigenvalue weighted by molar-refractivity contribution is 0.518. The van der Waals surface area contributed by atoms with Gasteiger partial charge in [-0.05, 0) is 35.5 Å². The summed E-state index contributed by atoms with van der Waals surface area (Å²) >= 11 is 10.7. The summed E-state index contributed by atoms with van der Waals surface area (Å²) in [7, 11) is -3.09. The zero-order valence-electron chi connectivity index (χ0n) is 9.83. The lowest BCUT2D eigenvalue weighted by atomic mass is 10.2. The van der Waals surface area contributed by atoms with Crippen LogP contribution in [0.15, 0.2) is 10.5 Å². The SMILES string of the molecule is CCNC(c1cc(Br)c(Cl)s1)C(C)S(C)(=O)=O. The Balaban J connectivity index is 3.09. The third-order valence-corrected chi connectivity index (χ3v) is 6.72. The van der Waals surface area contributed by atoms with Gasteiger partial charge in [0, 0.05) is 15.6 Å². The molecule has 1 heterocycles. The van der Waals surface area contributed by atoms with Crippen molar-refractivity contribution in [3.63, 3.8) is 0 Å². The van der Waals surface area contributed by atoms with Crippen molar-refractivity contribution in [2.75, 3.05) is 12.8 Å². The minimum Gasteiger partial charge on any atom is -0.308 e. The smallest absolute Gasteiger partial charge is 0.151 e. The van der Waals surface area contributed by atoms with E-state index in [1.807, 2.05) is 13.0 Å². The van der Waals surface area contributed by atoms with E-state index >= 15 is 0 Å². The molecule has 0 aromatic carbocycles. The van der Waals surface area contributed by atoms with E-state index in [2.05, 4.69) is 21.2 Å². The molecule has 2 unspecified atom stereocenters. The molecule has 3 nitrogen and oxygen atoms in total. The molecule has 0 bridgehead atoms. The fraction of sp³-hybridized carbons (Fsp3) is 0.600. The fourth-order valence-electron chi connectivity index (χ4n) is 1.48. The summed E-state index contributed by atoms with van der Waals surface area (Å²) in [5.41, 5.74) is 0. The summed E-state index contributed by atoms with van der Waals surface area (Å²) < 4.78 is 24.7. The first-order valence-corrected chi connectivity index (χ1v) is 9.08. The Kier molecular flexibility index (Phi) is 5.46. The van der Waals surface area contributed by atoms with Crippen molar-refractivity contribution in [1.29, 1.82) is 0 Å². The van der Waals surface area contributed by atoms with Crippen molar-refractivity contribution in [3.8, 4) is 0 Å². The lowest BCUT2D eigenvalue weighted by Gasteiger charge is -2.22. The van der Waals surface area contributed by atoms with Gasteiger partial charge in [-0.25, -0.2) is 8.42 Å². The summed E-state index contributed by atoms with van der Waals surface area (Å²) in [6, 6.07) is 1.66. The summed E-state index contributed by atoms with van der Waals surface area (Å²) in [5.74, 6) is 0. The van der Waals surface area contributed by atoms with E-state index < -0.39 is 15.1 Å². The molecular weight excluding hydrogens is 346 g/mol. The van der Waals surface area contributed by atoms with Crippen LogP contribution in [0.1, 0.15) is 24.8 Å². The molecule has 1 aromatic rings. The number of hydrogen-bond acceptors (Lipinski definition) is 4. The van der Waals surface area contributed by atoms with E-state index in [4.69, 9.17) is 11.6 Å². The highest BCUT2D eigenvalue weighted by molar-refractivity contribution is 9.10. The molecule has 98 valence electrons. The molecule has 0 aliphatic heterocycles. The van der Waals surface area contributed by atoms with Crippen LogP contribution in [-0.4, -0.2) is 26.5 Å². The maximum absolute atomic E-state index is 11.6.